The Morgan fingerprint density at radius 2 is 1.94 bits per heavy atom. The maximum atomic E-state index is 14.4. The third-order valence-corrected chi connectivity index (χ3v) is 6.77. The Kier molecular flexibility index (Phi) is 5.37. The van der Waals surface area contributed by atoms with Gasteiger partial charge in [-0.1, -0.05) is 41.9 Å². The van der Waals surface area contributed by atoms with Crippen molar-refractivity contribution in [3.8, 4) is 0 Å². The maximum absolute atomic E-state index is 14.4. The van der Waals surface area contributed by atoms with Gasteiger partial charge in [0, 0.05) is 17.1 Å². The molecule has 2 aliphatic rings. The number of rotatable bonds is 5. The number of carbonyl (C=O) groups is 1. The molecule has 6 nitrogen and oxygen atoms in total. The molecule has 32 heavy (non-hydrogen) atoms. The van der Waals surface area contributed by atoms with Crippen molar-refractivity contribution in [3.63, 3.8) is 0 Å². The van der Waals surface area contributed by atoms with Gasteiger partial charge in [0.05, 0.1) is 18.1 Å². The summed E-state index contributed by atoms with van der Waals surface area (Å²) < 4.78 is 16.4. The molecule has 3 aromatic rings. The number of halogens is 2. The van der Waals surface area contributed by atoms with E-state index >= 15 is 0 Å². The van der Waals surface area contributed by atoms with E-state index in [2.05, 4.69) is 20.1 Å². The number of amides is 2. The average Bonchev–Trinajstić information content (AvgIpc) is 3.23. The second-order valence-electron chi connectivity index (χ2n) is 8.66. The predicted molar refractivity (Wildman–Crippen MR) is 120 cm³/mol. The lowest BCUT2D eigenvalue weighted by Gasteiger charge is -2.28. The minimum absolute atomic E-state index is 0.167. The molecule has 1 N–H and O–H groups in total. The standard InChI is InChI=1S/C24H25ClFN5O/c1-16-28-29-22(31(16)15-17-8-10-18(25)11-9-17)21-7-4-14-30(21)23(32)27-24(12-13-24)19-5-2-3-6-20(19)26/h2-3,5-6,8-11,21H,4,7,12-15H2,1H3,(H,27,32). The normalized spacial score (nSPS) is 19.2. The minimum atomic E-state index is -0.609. The van der Waals surface area contributed by atoms with Crippen LogP contribution in [0.25, 0.3) is 0 Å². The molecule has 0 spiro atoms. The molecular weight excluding hydrogens is 429 g/mol. The highest BCUT2D eigenvalue weighted by Crippen LogP contribution is 2.47. The first-order valence-corrected chi connectivity index (χ1v) is 11.3. The fraction of sp³-hybridized carbons (Fsp3) is 0.375. The summed E-state index contributed by atoms with van der Waals surface area (Å²) in [5.74, 6) is 1.30. The van der Waals surface area contributed by atoms with Crippen molar-refractivity contribution < 1.29 is 9.18 Å². The van der Waals surface area contributed by atoms with E-state index in [9.17, 15) is 9.18 Å². The zero-order chi connectivity index (χ0) is 22.3. The molecule has 1 aliphatic heterocycles. The summed E-state index contributed by atoms with van der Waals surface area (Å²) in [6.07, 6.45) is 3.19. The van der Waals surface area contributed by atoms with E-state index in [1.165, 1.54) is 6.07 Å². The van der Waals surface area contributed by atoms with E-state index in [4.69, 9.17) is 11.6 Å². The third-order valence-electron chi connectivity index (χ3n) is 6.52. The molecule has 8 heteroatoms. The number of aromatic nitrogens is 3. The largest absolute Gasteiger partial charge is 0.328 e. The van der Waals surface area contributed by atoms with Crippen LogP contribution in [0.3, 0.4) is 0 Å². The first-order valence-electron chi connectivity index (χ1n) is 10.9. The summed E-state index contributed by atoms with van der Waals surface area (Å²) in [5, 5.41) is 12.5. The van der Waals surface area contributed by atoms with Crippen molar-refractivity contribution >= 4 is 17.6 Å². The zero-order valence-corrected chi connectivity index (χ0v) is 18.6. The zero-order valence-electron chi connectivity index (χ0n) is 17.9. The van der Waals surface area contributed by atoms with Crippen LogP contribution in [-0.4, -0.2) is 32.2 Å². The summed E-state index contributed by atoms with van der Waals surface area (Å²) in [6.45, 7) is 3.16. The number of urea groups is 1. The molecule has 2 amide bonds. The van der Waals surface area contributed by atoms with Crippen LogP contribution in [0.4, 0.5) is 9.18 Å². The highest BCUT2D eigenvalue weighted by atomic mass is 35.5. The molecule has 1 saturated carbocycles. The summed E-state index contributed by atoms with van der Waals surface area (Å²) in [4.78, 5) is 15.1. The lowest BCUT2D eigenvalue weighted by molar-refractivity contribution is 0.184. The van der Waals surface area contributed by atoms with E-state index in [0.29, 0.717) is 23.7 Å². The Morgan fingerprint density at radius 3 is 2.66 bits per heavy atom. The molecule has 0 radical (unpaired) electrons. The molecule has 2 aromatic carbocycles. The number of likely N-dealkylation sites (tertiary alicyclic amines) is 1. The van der Waals surface area contributed by atoms with Gasteiger partial charge in [0.15, 0.2) is 5.82 Å². The molecule has 2 fully saturated rings. The number of nitrogens with one attached hydrogen (secondary N) is 1. The Bertz CT molecular complexity index is 1140. The Hall–Kier alpha value is -2.93. The highest BCUT2D eigenvalue weighted by Gasteiger charge is 2.49. The fourth-order valence-electron chi connectivity index (χ4n) is 4.60. The van der Waals surface area contributed by atoms with Crippen molar-refractivity contribution in [1.82, 2.24) is 25.0 Å². The molecule has 1 saturated heterocycles. The third kappa shape index (κ3) is 3.86. The van der Waals surface area contributed by atoms with E-state index in [1.807, 2.05) is 42.2 Å². The fourth-order valence-corrected chi connectivity index (χ4v) is 4.73. The molecule has 1 atom stereocenters. The lowest BCUT2D eigenvalue weighted by Crippen LogP contribution is -2.45. The van der Waals surface area contributed by atoms with E-state index in [-0.39, 0.29) is 17.9 Å². The van der Waals surface area contributed by atoms with Crippen LogP contribution in [0.5, 0.6) is 0 Å². The second-order valence-corrected chi connectivity index (χ2v) is 9.10. The number of hydrogen-bond acceptors (Lipinski definition) is 3. The molecule has 1 aliphatic carbocycles. The van der Waals surface area contributed by atoms with Gasteiger partial charge in [-0.25, -0.2) is 9.18 Å². The molecular formula is C24H25ClFN5O. The van der Waals surface area contributed by atoms with Gasteiger partial charge in [-0.15, -0.1) is 10.2 Å². The van der Waals surface area contributed by atoms with Crippen LogP contribution in [0.2, 0.25) is 5.02 Å². The second kappa shape index (κ2) is 8.20. The first-order chi connectivity index (χ1) is 15.5. The van der Waals surface area contributed by atoms with Crippen molar-refractivity contribution in [3.05, 3.63) is 82.1 Å². The van der Waals surface area contributed by atoms with Crippen molar-refractivity contribution in [2.45, 2.75) is 50.7 Å². The number of aryl methyl sites for hydroxylation is 1. The van der Waals surface area contributed by atoms with Crippen molar-refractivity contribution in [2.24, 2.45) is 0 Å². The van der Waals surface area contributed by atoms with Crippen molar-refractivity contribution in [1.29, 1.82) is 0 Å². The quantitative estimate of drug-likeness (QED) is 0.593. The topological polar surface area (TPSA) is 63.1 Å². The number of hydrogen-bond donors (Lipinski definition) is 1. The van der Waals surface area contributed by atoms with Gasteiger partial charge in [-0.3, -0.25) is 0 Å². The van der Waals surface area contributed by atoms with Crippen molar-refractivity contribution in [2.75, 3.05) is 6.54 Å². The molecule has 1 unspecified atom stereocenters. The van der Waals surface area contributed by atoms with Crippen LogP contribution in [0, 0.1) is 12.7 Å². The van der Waals surface area contributed by atoms with Gasteiger partial charge in [0.2, 0.25) is 0 Å². The van der Waals surface area contributed by atoms with E-state index < -0.39 is 5.54 Å². The summed E-state index contributed by atoms with van der Waals surface area (Å²) in [6, 6.07) is 14.0. The van der Waals surface area contributed by atoms with Gasteiger partial charge in [-0.2, -0.15) is 0 Å². The smallest absolute Gasteiger partial charge is 0.318 e. The van der Waals surface area contributed by atoms with Gasteiger partial charge >= 0.3 is 6.03 Å². The van der Waals surface area contributed by atoms with E-state index in [0.717, 1.165) is 42.9 Å². The van der Waals surface area contributed by atoms with Crippen LogP contribution in [-0.2, 0) is 12.1 Å². The van der Waals surface area contributed by atoms with Crippen LogP contribution in [0.15, 0.2) is 48.5 Å². The molecule has 2 heterocycles. The molecule has 5 rings (SSSR count). The highest BCUT2D eigenvalue weighted by molar-refractivity contribution is 6.30. The van der Waals surface area contributed by atoms with Gasteiger partial charge in [0.1, 0.15) is 11.6 Å². The predicted octanol–water partition coefficient (Wildman–Crippen LogP) is 4.96. The average molecular weight is 454 g/mol. The minimum Gasteiger partial charge on any atom is -0.328 e. The summed E-state index contributed by atoms with van der Waals surface area (Å²) in [5.41, 5.74) is 1.04. The van der Waals surface area contributed by atoms with Crippen LogP contribution in [0.1, 0.15) is 54.5 Å². The Morgan fingerprint density at radius 1 is 1.19 bits per heavy atom. The number of carbonyl (C=O) groups excluding carboxylic acids is 1. The monoisotopic (exact) mass is 453 g/mol. The lowest BCUT2D eigenvalue weighted by atomic mass is 10.0. The van der Waals surface area contributed by atoms with Gasteiger partial charge < -0.3 is 14.8 Å². The molecule has 166 valence electrons. The number of benzene rings is 2. The number of nitrogens with zero attached hydrogens (tertiary/aromatic N) is 4. The molecule has 0 bridgehead atoms. The Labute approximate surface area is 191 Å². The molecule has 1 aromatic heterocycles. The maximum Gasteiger partial charge on any atom is 0.318 e. The first kappa shape index (κ1) is 20.9. The van der Waals surface area contributed by atoms with Gasteiger partial charge in [0.25, 0.3) is 0 Å². The van der Waals surface area contributed by atoms with Crippen LogP contribution >= 0.6 is 11.6 Å². The van der Waals surface area contributed by atoms with Crippen LogP contribution < -0.4 is 5.32 Å². The van der Waals surface area contributed by atoms with Gasteiger partial charge in [-0.05, 0) is 56.4 Å². The van der Waals surface area contributed by atoms with E-state index in [1.54, 1.807) is 12.1 Å². The SMILES string of the molecule is Cc1nnc(C2CCCN2C(=O)NC2(c3ccccc3F)CC2)n1Cc1ccc(Cl)cc1. The summed E-state index contributed by atoms with van der Waals surface area (Å²) in [7, 11) is 0. The summed E-state index contributed by atoms with van der Waals surface area (Å²) >= 11 is 6.02. The Balaban J connectivity index is 1.37.